The van der Waals surface area contributed by atoms with Crippen LogP contribution < -0.4 is 5.32 Å². The maximum absolute atomic E-state index is 10.9. The summed E-state index contributed by atoms with van der Waals surface area (Å²) in [5, 5.41) is 45.8. The largest absolute Gasteiger partial charge is 0.480 e. The Hall–Kier alpha value is -2.24. The third-order valence-electron chi connectivity index (χ3n) is 2.46. The van der Waals surface area contributed by atoms with E-state index < -0.39 is 42.6 Å². The Balaban J connectivity index is 4.72. The van der Waals surface area contributed by atoms with Gasteiger partial charge in [0, 0.05) is 19.6 Å². The zero-order valence-corrected chi connectivity index (χ0v) is 10.8. The molecule has 0 aliphatic rings. The quantitative estimate of drug-likeness (QED) is 0.213. The maximum atomic E-state index is 10.9. The molecule has 0 rings (SSSR count). The molecule has 0 unspecified atom stereocenters. The van der Waals surface area contributed by atoms with Crippen molar-refractivity contribution in [3.05, 3.63) is 0 Å². The average molecular weight is 308 g/mol. The maximum Gasteiger partial charge on any atom is 0.332 e. The molecule has 0 saturated carbocycles. The molecule has 0 aromatic heterocycles. The second kappa shape index (κ2) is 8.84. The number of hydrogen-bond acceptors (Lipinski definition) is 7. The minimum Gasteiger partial charge on any atom is -0.480 e. The van der Waals surface area contributed by atoms with Crippen LogP contribution in [0.3, 0.4) is 0 Å². The smallest absolute Gasteiger partial charge is 0.332 e. The lowest BCUT2D eigenvalue weighted by atomic mass is 10.2. The number of rotatable bonds is 11. The van der Waals surface area contributed by atoms with Gasteiger partial charge in [-0.1, -0.05) is 0 Å². The molecule has 11 heteroatoms. The van der Waals surface area contributed by atoms with Gasteiger partial charge in [0.1, 0.15) is 0 Å². The third kappa shape index (κ3) is 6.16. The predicted molar refractivity (Wildman–Crippen MR) is 64.8 cm³/mol. The fourth-order valence-electron chi connectivity index (χ4n) is 1.55. The summed E-state index contributed by atoms with van der Waals surface area (Å²) < 4.78 is 0. The van der Waals surface area contributed by atoms with Crippen molar-refractivity contribution in [2.45, 2.75) is 12.1 Å². The first kappa shape index (κ1) is 18.8. The third-order valence-corrected chi connectivity index (χ3v) is 2.46. The molecule has 0 radical (unpaired) electrons. The molecule has 6 N–H and O–H groups in total. The number of carboxylic acids is 4. The normalized spacial score (nSPS) is 11.0. The van der Waals surface area contributed by atoms with Gasteiger partial charge in [-0.2, -0.15) is 0 Å². The Morgan fingerprint density at radius 1 is 0.857 bits per heavy atom. The molecule has 0 atom stereocenters. The standard InChI is InChI=1S/C10H16N2O9/c13-4-3-12(6(9(18)19)10(20)21)2-1-11-5(7(14)15)8(16)17/h5-6,11,13H,1-4H2,(H,14,15)(H,16,17)(H,18,19)(H,20,21). The number of carbonyl (C=O) groups is 4. The van der Waals surface area contributed by atoms with Gasteiger partial charge in [-0.3, -0.25) is 10.2 Å². The van der Waals surface area contributed by atoms with Crippen LogP contribution in [0.1, 0.15) is 0 Å². The van der Waals surface area contributed by atoms with Gasteiger partial charge in [0.15, 0.2) is 0 Å². The lowest BCUT2D eigenvalue weighted by Crippen LogP contribution is -2.52. The van der Waals surface area contributed by atoms with E-state index >= 15 is 0 Å². The van der Waals surface area contributed by atoms with Gasteiger partial charge in [0.2, 0.25) is 12.1 Å². The van der Waals surface area contributed by atoms with Gasteiger partial charge in [-0.25, -0.2) is 19.2 Å². The molecule has 21 heavy (non-hydrogen) atoms. The van der Waals surface area contributed by atoms with Crippen molar-refractivity contribution in [2.24, 2.45) is 0 Å². The Kier molecular flexibility index (Phi) is 7.89. The highest BCUT2D eigenvalue weighted by atomic mass is 16.4. The summed E-state index contributed by atoms with van der Waals surface area (Å²) >= 11 is 0. The molecule has 0 amide bonds. The molecule has 0 aromatic rings. The second-order valence-corrected chi connectivity index (χ2v) is 3.90. The summed E-state index contributed by atoms with van der Waals surface area (Å²) in [6.07, 6.45) is 0. The van der Waals surface area contributed by atoms with Crippen LogP contribution in [-0.2, 0) is 19.2 Å². The molecule has 0 bridgehead atoms. The highest BCUT2D eigenvalue weighted by molar-refractivity contribution is 5.97. The lowest BCUT2D eigenvalue weighted by Gasteiger charge is -2.25. The molecular formula is C10H16N2O9. The summed E-state index contributed by atoms with van der Waals surface area (Å²) in [5.74, 6) is -6.57. The summed E-state index contributed by atoms with van der Waals surface area (Å²) in [6.45, 7) is -1.37. The van der Waals surface area contributed by atoms with E-state index in [0.717, 1.165) is 4.90 Å². The van der Waals surface area contributed by atoms with Crippen molar-refractivity contribution >= 4 is 23.9 Å². The second-order valence-electron chi connectivity index (χ2n) is 3.90. The van der Waals surface area contributed by atoms with Crippen molar-refractivity contribution in [1.29, 1.82) is 0 Å². The molecule has 120 valence electrons. The number of carboxylic acid groups (broad SMARTS) is 4. The van der Waals surface area contributed by atoms with E-state index in [2.05, 4.69) is 5.32 Å². The monoisotopic (exact) mass is 308 g/mol. The number of aliphatic hydroxyl groups excluding tert-OH is 1. The molecule has 0 heterocycles. The Labute approximate surface area is 118 Å². The minimum absolute atomic E-state index is 0.277. The highest BCUT2D eigenvalue weighted by Gasteiger charge is 2.33. The van der Waals surface area contributed by atoms with Crippen LogP contribution in [0.4, 0.5) is 0 Å². The fraction of sp³-hybridized carbons (Fsp3) is 0.600. The summed E-state index contributed by atoms with van der Waals surface area (Å²) in [5.41, 5.74) is 0. The fourth-order valence-corrected chi connectivity index (χ4v) is 1.55. The molecule has 0 saturated heterocycles. The average Bonchev–Trinajstić information content (AvgIpc) is 2.32. The Morgan fingerprint density at radius 2 is 1.33 bits per heavy atom. The molecule has 11 nitrogen and oxygen atoms in total. The predicted octanol–water partition coefficient (Wildman–Crippen LogP) is -3.05. The van der Waals surface area contributed by atoms with Crippen molar-refractivity contribution in [1.82, 2.24) is 10.2 Å². The van der Waals surface area contributed by atoms with Crippen LogP contribution in [0.15, 0.2) is 0 Å². The zero-order valence-electron chi connectivity index (χ0n) is 10.8. The SMILES string of the molecule is O=C(O)C(NCCN(CCO)C(C(=O)O)C(=O)O)C(=O)O. The first-order chi connectivity index (χ1) is 9.72. The van der Waals surface area contributed by atoms with E-state index in [1.54, 1.807) is 0 Å². The van der Waals surface area contributed by atoms with Gasteiger partial charge in [0.05, 0.1) is 6.61 Å². The number of aliphatic hydroxyl groups is 1. The van der Waals surface area contributed by atoms with Crippen molar-refractivity contribution < 1.29 is 44.7 Å². The molecule has 0 aromatic carbocycles. The van der Waals surface area contributed by atoms with Crippen molar-refractivity contribution in [2.75, 3.05) is 26.2 Å². The van der Waals surface area contributed by atoms with Gasteiger partial charge in [0.25, 0.3) is 0 Å². The molecule has 0 spiro atoms. The van der Waals surface area contributed by atoms with Crippen LogP contribution in [0, 0.1) is 0 Å². The van der Waals surface area contributed by atoms with Gasteiger partial charge >= 0.3 is 23.9 Å². The Bertz CT molecular complexity index is 383. The van der Waals surface area contributed by atoms with Gasteiger partial charge in [-0.05, 0) is 0 Å². The Morgan fingerprint density at radius 3 is 1.67 bits per heavy atom. The van der Waals surface area contributed by atoms with E-state index in [-0.39, 0.29) is 19.6 Å². The van der Waals surface area contributed by atoms with Crippen LogP contribution in [0.5, 0.6) is 0 Å². The summed E-state index contributed by atoms with van der Waals surface area (Å²) in [7, 11) is 0. The van der Waals surface area contributed by atoms with Crippen LogP contribution in [0.25, 0.3) is 0 Å². The minimum atomic E-state index is -1.92. The lowest BCUT2D eigenvalue weighted by molar-refractivity contribution is -0.158. The number of aliphatic carboxylic acids is 4. The van der Waals surface area contributed by atoms with Crippen molar-refractivity contribution in [3.63, 3.8) is 0 Å². The molecule has 0 aliphatic heterocycles. The van der Waals surface area contributed by atoms with Crippen LogP contribution in [0.2, 0.25) is 0 Å². The zero-order chi connectivity index (χ0) is 16.6. The first-order valence-electron chi connectivity index (χ1n) is 5.71. The van der Waals surface area contributed by atoms with Crippen LogP contribution >= 0.6 is 0 Å². The topological polar surface area (TPSA) is 185 Å². The number of nitrogens with one attached hydrogen (secondary N) is 1. The van der Waals surface area contributed by atoms with E-state index in [4.69, 9.17) is 25.5 Å². The van der Waals surface area contributed by atoms with E-state index in [0.29, 0.717) is 0 Å². The van der Waals surface area contributed by atoms with Gasteiger partial charge < -0.3 is 25.5 Å². The first-order valence-corrected chi connectivity index (χ1v) is 5.71. The number of hydrogen-bond donors (Lipinski definition) is 6. The highest BCUT2D eigenvalue weighted by Crippen LogP contribution is 2.00. The van der Waals surface area contributed by atoms with E-state index in [1.165, 1.54) is 0 Å². The molecule has 0 fully saturated rings. The molecule has 0 aliphatic carbocycles. The molecular weight excluding hydrogens is 292 g/mol. The van der Waals surface area contributed by atoms with Gasteiger partial charge in [-0.15, -0.1) is 0 Å². The number of nitrogens with zero attached hydrogens (tertiary/aromatic N) is 1. The van der Waals surface area contributed by atoms with E-state index in [9.17, 15) is 19.2 Å². The summed E-state index contributed by atoms with van der Waals surface area (Å²) in [4.78, 5) is 43.8. The van der Waals surface area contributed by atoms with E-state index in [1.807, 2.05) is 0 Å². The van der Waals surface area contributed by atoms with Crippen molar-refractivity contribution in [3.8, 4) is 0 Å². The van der Waals surface area contributed by atoms with Crippen LogP contribution in [-0.4, -0.2) is 92.6 Å². The summed E-state index contributed by atoms with van der Waals surface area (Å²) in [6, 6.07) is -3.82.